The monoisotopic (exact) mass is 219 g/mol. The van der Waals surface area contributed by atoms with Crippen LogP contribution in [0.4, 0.5) is 10.5 Å². The quantitative estimate of drug-likeness (QED) is 0.790. The highest BCUT2D eigenvalue weighted by atomic mass is 16.2. The third-order valence-corrected chi connectivity index (χ3v) is 2.88. The van der Waals surface area contributed by atoms with Gasteiger partial charge in [0.05, 0.1) is 0 Å². The first-order valence-corrected chi connectivity index (χ1v) is 5.51. The second kappa shape index (κ2) is 4.53. The van der Waals surface area contributed by atoms with Crippen molar-refractivity contribution in [2.75, 3.05) is 25.0 Å². The van der Waals surface area contributed by atoms with Crippen molar-refractivity contribution in [2.24, 2.45) is 11.7 Å². The third kappa shape index (κ3) is 2.33. The number of nitrogens with one attached hydrogen (secondary N) is 1. The highest BCUT2D eigenvalue weighted by Gasteiger charge is 2.29. The summed E-state index contributed by atoms with van der Waals surface area (Å²) < 4.78 is 0. The van der Waals surface area contributed by atoms with E-state index in [9.17, 15) is 4.79 Å². The number of carbonyl (C=O) groups excluding carboxylic acids is 1. The molecule has 2 amide bonds. The number of nitrogens with zero attached hydrogens (tertiary/aromatic N) is 1. The molecule has 0 aliphatic carbocycles. The van der Waals surface area contributed by atoms with Gasteiger partial charge >= 0.3 is 6.03 Å². The van der Waals surface area contributed by atoms with E-state index in [1.54, 1.807) is 4.90 Å². The van der Waals surface area contributed by atoms with Crippen LogP contribution >= 0.6 is 0 Å². The Morgan fingerprint density at radius 1 is 1.44 bits per heavy atom. The summed E-state index contributed by atoms with van der Waals surface area (Å²) in [6, 6.07) is 7.75. The highest BCUT2D eigenvalue weighted by Crippen LogP contribution is 2.16. The van der Waals surface area contributed by atoms with Gasteiger partial charge in [-0.2, -0.15) is 0 Å². The van der Waals surface area contributed by atoms with Crippen LogP contribution in [0.1, 0.15) is 5.56 Å². The Morgan fingerprint density at radius 3 is 2.62 bits per heavy atom. The molecular weight excluding hydrogens is 202 g/mol. The molecule has 0 spiro atoms. The third-order valence-electron chi connectivity index (χ3n) is 2.88. The van der Waals surface area contributed by atoms with Crippen molar-refractivity contribution in [3.05, 3.63) is 29.8 Å². The summed E-state index contributed by atoms with van der Waals surface area (Å²) >= 11 is 0. The lowest BCUT2D eigenvalue weighted by Gasteiger charge is -2.38. The smallest absolute Gasteiger partial charge is 0.321 e. The van der Waals surface area contributed by atoms with Gasteiger partial charge in [0.15, 0.2) is 0 Å². The van der Waals surface area contributed by atoms with E-state index in [-0.39, 0.29) is 6.03 Å². The maximum Gasteiger partial charge on any atom is 0.321 e. The van der Waals surface area contributed by atoms with Crippen LogP contribution in [0.2, 0.25) is 0 Å². The Balaban J connectivity index is 1.86. The van der Waals surface area contributed by atoms with Gasteiger partial charge in [0, 0.05) is 24.7 Å². The minimum Gasteiger partial charge on any atom is -0.330 e. The topological polar surface area (TPSA) is 58.4 Å². The number of hydrogen-bond donors (Lipinski definition) is 2. The largest absolute Gasteiger partial charge is 0.330 e. The lowest BCUT2D eigenvalue weighted by atomic mass is 10.0. The zero-order valence-electron chi connectivity index (χ0n) is 9.44. The van der Waals surface area contributed by atoms with Crippen molar-refractivity contribution in [1.82, 2.24) is 4.90 Å². The minimum absolute atomic E-state index is 0.0337. The molecule has 1 heterocycles. The molecule has 0 radical (unpaired) electrons. The Hall–Kier alpha value is -1.55. The molecule has 1 aliphatic rings. The van der Waals surface area contributed by atoms with Crippen LogP contribution in [0, 0.1) is 12.8 Å². The number of hydrogen-bond acceptors (Lipinski definition) is 2. The van der Waals surface area contributed by atoms with Gasteiger partial charge in [0.2, 0.25) is 0 Å². The summed E-state index contributed by atoms with van der Waals surface area (Å²) in [4.78, 5) is 13.5. The van der Waals surface area contributed by atoms with E-state index in [0.29, 0.717) is 12.5 Å². The standard InChI is InChI=1S/C12H17N3O/c1-9-2-4-11(5-3-9)14-12(16)15-7-10(6-13)8-15/h2-5,10H,6-8,13H2,1H3,(H,14,16). The van der Waals surface area contributed by atoms with Crippen LogP contribution < -0.4 is 11.1 Å². The van der Waals surface area contributed by atoms with E-state index in [1.807, 2.05) is 31.2 Å². The predicted molar refractivity (Wildman–Crippen MR) is 64.3 cm³/mol. The van der Waals surface area contributed by atoms with Gasteiger partial charge in [-0.1, -0.05) is 17.7 Å². The van der Waals surface area contributed by atoms with Gasteiger partial charge in [-0.15, -0.1) is 0 Å². The van der Waals surface area contributed by atoms with Crippen molar-refractivity contribution < 1.29 is 4.79 Å². The van der Waals surface area contributed by atoms with Gasteiger partial charge in [0.25, 0.3) is 0 Å². The fraction of sp³-hybridized carbons (Fsp3) is 0.417. The number of aryl methyl sites for hydroxylation is 1. The lowest BCUT2D eigenvalue weighted by Crippen LogP contribution is -2.53. The normalized spacial score (nSPS) is 15.8. The van der Waals surface area contributed by atoms with Gasteiger partial charge in [-0.05, 0) is 25.6 Å². The number of nitrogens with two attached hydrogens (primary N) is 1. The maximum atomic E-state index is 11.7. The average molecular weight is 219 g/mol. The maximum absolute atomic E-state index is 11.7. The molecule has 3 N–H and O–H groups in total. The molecule has 1 aromatic rings. The number of likely N-dealkylation sites (tertiary alicyclic amines) is 1. The average Bonchev–Trinajstić information content (AvgIpc) is 2.20. The lowest BCUT2D eigenvalue weighted by molar-refractivity contribution is 0.135. The first-order valence-electron chi connectivity index (χ1n) is 5.51. The zero-order valence-corrected chi connectivity index (χ0v) is 9.44. The second-order valence-corrected chi connectivity index (χ2v) is 4.30. The van der Waals surface area contributed by atoms with Crippen LogP contribution in [-0.2, 0) is 0 Å². The number of urea groups is 1. The van der Waals surface area contributed by atoms with Crippen molar-refractivity contribution in [3.8, 4) is 0 Å². The van der Waals surface area contributed by atoms with Crippen LogP contribution in [0.3, 0.4) is 0 Å². The second-order valence-electron chi connectivity index (χ2n) is 4.30. The molecule has 1 aromatic carbocycles. The van der Waals surface area contributed by atoms with E-state index in [4.69, 9.17) is 5.73 Å². The van der Waals surface area contributed by atoms with E-state index < -0.39 is 0 Å². The number of amides is 2. The van der Waals surface area contributed by atoms with E-state index in [2.05, 4.69) is 5.32 Å². The van der Waals surface area contributed by atoms with Gasteiger partial charge in [-0.3, -0.25) is 0 Å². The molecule has 0 atom stereocenters. The number of carbonyl (C=O) groups is 1. The summed E-state index contributed by atoms with van der Waals surface area (Å²) in [6.07, 6.45) is 0. The Bertz CT molecular complexity index is 368. The van der Waals surface area contributed by atoms with Crippen LogP contribution in [0.5, 0.6) is 0 Å². The van der Waals surface area contributed by atoms with E-state index in [0.717, 1.165) is 18.8 Å². The number of anilines is 1. The van der Waals surface area contributed by atoms with Crippen molar-refractivity contribution >= 4 is 11.7 Å². The van der Waals surface area contributed by atoms with Crippen molar-refractivity contribution in [1.29, 1.82) is 0 Å². The SMILES string of the molecule is Cc1ccc(NC(=O)N2CC(CN)C2)cc1. The molecule has 0 bridgehead atoms. The Morgan fingerprint density at radius 2 is 2.06 bits per heavy atom. The van der Waals surface area contributed by atoms with Gasteiger partial charge < -0.3 is 16.0 Å². The fourth-order valence-electron chi connectivity index (χ4n) is 1.72. The minimum atomic E-state index is -0.0337. The van der Waals surface area contributed by atoms with E-state index >= 15 is 0 Å². The molecule has 16 heavy (non-hydrogen) atoms. The molecule has 0 aromatic heterocycles. The van der Waals surface area contributed by atoms with Crippen molar-refractivity contribution in [2.45, 2.75) is 6.92 Å². The Kier molecular flexibility index (Phi) is 3.10. The molecule has 4 nitrogen and oxygen atoms in total. The van der Waals surface area contributed by atoms with Crippen LogP contribution in [0.15, 0.2) is 24.3 Å². The molecule has 4 heteroatoms. The first kappa shape index (κ1) is 11.0. The summed E-state index contributed by atoms with van der Waals surface area (Å²) in [7, 11) is 0. The molecule has 1 fully saturated rings. The molecule has 1 saturated heterocycles. The Labute approximate surface area is 95.4 Å². The number of rotatable bonds is 2. The predicted octanol–water partition coefficient (Wildman–Crippen LogP) is 1.42. The van der Waals surface area contributed by atoms with Gasteiger partial charge in [-0.25, -0.2) is 4.79 Å². The summed E-state index contributed by atoms with van der Waals surface area (Å²) in [5, 5.41) is 2.86. The van der Waals surface area contributed by atoms with E-state index in [1.165, 1.54) is 5.56 Å². The summed E-state index contributed by atoms with van der Waals surface area (Å²) in [6.45, 7) is 4.23. The first-order chi connectivity index (χ1) is 7.69. The molecule has 86 valence electrons. The molecule has 0 unspecified atom stereocenters. The number of benzene rings is 1. The molecule has 1 aliphatic heterocycles. The van der Waals surface area contributed by atoms with Crippen LogP contribution in [-0.4, -0.2) is 30.6 Å². The molecule has 0 saturated carbocycles. The van der Waals surface area contributed by atoms with Crippen molar-refractivity contribution in [3.63, 3.8) is 0 Å². The summed E-state index contributed by atoms with van der Waals surface area (Å²) in [5.74, 6) is 0.476. The highest BCUT2D eigenvalue weighted by molar-refractivity contribution is 5.89. The van der Waals surface area contributed by atoms with Gasteiger partial charge in [0.1, 0.15) is 0 Å². The zero-order chi connectivity index (χ0) is 11.5. The summed E-state index contributed by atoms with van der Waals surface area (Å²) in [5.41, 5.74) is 7.53. The fourth-order valence-corrected chi connectivity index (χ4v) is 1.72. The molecular formula is C12H17N3O. The van der Waals surface area contributed by atoms with Crippen LogP contribution in [0.25, 0.3) is 0 Å². The molecule has 2 rings (SSSR count).